The number of hydrogen-bond acceptors (Lipinski definition) is 4. The number of benzene rings is 1. The Hall–Kier alpha value is -1.59. The van der Waals surface area contributed by atoms with E-state index in [0.717, 1.165) is 40.4 Å². The topological polar surface area (TPSA) is 60.2 Å². The standard InChI is InChI=1S/C14H16ClN3O2/c15-12-6-10-3-5-20-14(10)11(7-12)8-18-9-13(16-17-18)2-1-4-19/h6-7,9,19H,1-5,8H2. The van der Waals surface area contributed by atoms with Crippen molar-refractivity contribution in [2.75, 3.05) is 13.2 Å². The first-order valence-corrected chi connectivity index (χ1v) is 7.08. The van der Waals surface area contributed by atoms with E-state index in [0.29, 0.717) is 19.6 Å². The lowest BCUT2D eigenvalue weighted by molar-refractivity contribution is 0.288. The van der Waals surface area contributed by atoms with E-state index in [2.05, 4.69) is 10.3 Å². The Balaban J connectivity index is 1.79. The number of aromatic nitrogens is 3. The molecule has 1 aromatic carbocycles. The maximum Gasteiger partial charge on any atom is 0.127 e. The van der Waals surface area contributed by atoms with Crippen LogP contribution in [0.15, 0.2) is 18.3 Å². The van der Waals surface area contributed by atoms with Crippen molar-refractivity contribution in [3.05, 3.63) is 40.2 Å². The molecule has 1 aromatic heterocycles. The number of rotatable bonds is 5. The van der Waals surface area contributed by atoms with Gasteiger partial charge in [0.15, 0.2) is 0 Å². The largest absolute Gasteiger partial charge is 0.493 e. The molecule has 20 heavy (non-hydrogen) atoms. The second kappa shape index (κ2) is 5.81. The second-order valence-electron chi connectivity index (χ2n) is 4.89. The van der Waals surface area contributed by atoms with E-state index in [1.807, 2.05) is 18.3 Å². The molecular formula is C14H16ClN3O2. The van der Waals surface area contributed by atoms with Crippen LogP contribution < -0.4 is 4.74 Å². The summed E-state index contributed by atoms with van der Waals surface area (Å²) in [7, 11) is 0. The molecule has 1 aliphatic heterocycles. The summed E-state index contributed by atoms with van der Waals surface area (Å²) in [5.41, 5.74) is 3.08. The highest BCUT2D eigenvalue weighted by atomic mass is 35.5. The molecule has 3 rings (SSSR count). The van der Waals surface area contributed by atoms with Crippen LogP contribution in [0.1, 0.15) is 23.2 Å². The van der Waals surface area contributed by atoms with Gasteiger partial charge in [-0.15, -0.1) is 5.10 Å². The molecule has 0 saturated carbocycles. The molecule has 0 unspecified atom stereocenters. The molecule has 0 saturated heterocycles. The van der Waals surface area contributed by atoms with Crippen molar-refractivity contribution in [2.45, 2.75) is 25.8 Å². The van der Waals surface area contributed by atoms with Crippen LogP contribution in [-0.4, -0.2) is 33.3 Å². The summed E-state index contributed by atoms with van der Waals surface area (Å²) >= 11 is 6.14. The van der Waals surface area contributed by atoms with Gasteiger partial charge < -0.3 is 9.84 Å². The predicted octanol–water partition coefficient (Wildman–Crippen LogP) is 1.84. The number of nitrogens with zero attached hydrogens (tertiary/aromatic N) is 3. The zero-order chi connectivity index (χ0) is 13.9. The van der Waals surface area contributed by atoms with Crippen LogP contribution >= 0.6 is 11.6 Å². The molecule has 0 bridgehead atoms. The molecule has 1 aliphatic rings. The van der Waals surface area contributed by atoms with Crippen molar-refractivity contribution in [1.29, 1.82) is 0 Å². The van der Waals surface area contributed by atoms with E-state index >= 15 is 0 Å². The highest BCUT2D eigenvalue weighted by Gasteiger charge is 2.18. The lowest BCUT2D eigenvalue weighted by Crippen LogP contribution is -2.02. The van der Waals surface area contributed by atoms with Gasteiger partial charge in [-0.25, -0.2) is 4.68 Å². The lowest BCUT2D eigenvalue weighted by Gasteiger charge is -2.08. The predicted molar refractivity (Wildman–Crippen MR) is 75.2 cm³/mol. The molecule has 106 valence electrons. The first kappa shape index (κ1) is 13.4. The van der Waals surface area contributed by atoms with Gasteiger partial charge >= 0.3 is 0 Å². The summed E-state index contributed by atoms with van der Waals surface area (Å²) < 4.78 is 7.45. The van der Waals surface area contributed by atoms with Crippen LogP contribution in [0.4, 0.5) is 0 Å². The first-order valence-electron chi connectivity index (χ1n) is 6.70. The molecule has 0 aliphatic carbocycles. The average molecular weight is 294 g/mol. The van der Waals surface area contributed by atoms with Crippen molar-refractivity contribution in [3.8, 4) is 5.75 Å². The third kappa shape index (κ3) is 2.78. The van der Waals surface area contributed by atoms with Crippen LogP contribution in [-0.2, 0) is 19.4 Å². The summed E-state index contributed by atoms with van der Waals surface area (Å²) in [5.74, 6) is 0.932. The van der Waals surface area contributed by atoms with Gasteiger partial charge in [-0.2, -0.15) is 0 Å². The number of fused-ring (bicyclic) bond motifs is 1. The summed E-state index contributed by atoms with van der Waals surface area (Å²) in [5, 5.41) is 17.7. The minimum atomic E-state index is 0.169. The fourth-order valence-corrected chi connectivity index (χ4v) is 2.69. The molecule has 0 radical (unpaired) electrons. The normalized spacial score (nSPS) is 13.3. The number of aliphatic hydroxyl groups is 1. The van der Waals surface area contributed by atoms with Gasteiger partial charge in [0.25, 0.3) is 0 Å². The van der Waals surface area contributed by atoms with E-state index in [1.165, 1.54) is 0 Å². The highest BCUT2D eigenvalue weighted by molar-refractivity contribution is 6.30. The van der Waals surface area contributed by atoms with Crippen molar-refractivity contribution >= 4 is 11.6 Å². The van der Waals surface area contributed by atoms with Gasteiger partial charge in [-0.3, -0.25) is 0 Å². The third-order valence-electron chi connectivity index (χ3n) is 3.33. The quantitative estimate of drug-likeness (QED) is 0.914. The van der Waals surface area contributed by atoms with Gasteiger partial charge in [-0.1, -0.05) is 16.8 Å². The van der Waals surface area contributed by atoms with Crippen molar-refractivity contribution in [1.82, 2.24) is 15.0 Å². The van der Waals surface area contributed by atoms with E-state index in [9.17, 15) is 0 Å². The molecular weight excluding hydrogens is 278 g/mol. The van der Waals surface area contributed by atoms with Crippen LogP contribution in [0.2, 0.25) is 5.02 Å². The molecule has 0 fully saturated rings. The summed E-state index contributed by atoms with van der Waals surface area (Å²) in [4.78, 5) is 0. The summed E-state index contributed by atoms with van der Waals surface area (Å²) in [6.07, 6.45) is 4.24. The monoisotopic (exact) mass is 293 g/mol. The van der Waals surface area contributed by atoms with Crippen molar-refractivity contribution in [2.24, 2.45) is 0 Å². The fraction of sp³-hybridized carbons (Fsp3) is 0.429. The Morgan fingerprint density at radius 1 is 1.40 bits per heavy atom. The number of aryl methyl sites for hydroxylation is 1. The van der Waals surface area contributed by atoms with Crippen LogP contribution in [0.5, 0.6) is 5.75 Å². The van der Waals surface area contributed by atoms with Crippen molar-refractivity contribution in [3.63, 3.8) is 0 Å². The van der Waals surface area contributed by atoms with Gasteiger partial charge in [0.1, 0.15) is 5.75 Å². The molecule has 0 spiro atoms. The maximum atomic E-state index is 8.82. The molecule has 0 atom stereocenters. The SMILES string of the molecule is OCCCc1cn(Cc2cc(Cl)cc3c2OCC3)nn1. The summed E-state index contributed by atoms with van der Waals surface area (Å²) in [6.45, 7) is 1.47. The zero-order valence-corrected chi connectivity index (χ0v) is 11.8. The van der Waals surface area contributed by atoms with Gasteiger partial charge in [0.2, 0.25) is 0 Å². The highest BCUT2D eigenvalue weighted by Crippen LogP contribution is 2.33. The van der Waals surface area contributed by atoms with E-state index < -0.39 is 0 Å². The Bertz CT molecular complexity index is 612. The van der Waals surface area contributed by atoms with Crippen LogP contribution in [0.25, 0.3) is 0 Å². The van der Waals surface area contributed by atoms with Gasteiger partial charge in [0.05, 0.1) is 18.8 Å². The average Bonchev–Trinajstić information content (AvgIpc) is 3.05. The van der Waals surface area contributed by atoms with Crippen molar-refractivity contribution < 1.29 is 9.84 Å². The Labute approximate surface area is 122 Å². The Morgan fingerprint density at radius 3 is 3.15 bits per heavy atom. The van der Waals surface area contributed by atoms with Crippen LogP contribution in [0, 0.1) is 0 Å². The molecule has 2 heterocycles. The smallest absolute Gasteiger partial charge is 0.127 e. The second-order valence-corrected chi connectivity index (χ2v) is 5.32. The van der Waals surface area contributed by atoms with Crippen LogP contribution in [0.3, 0.4) is 0 Å². The van der Waals surface area contributed by atoms with E-state index in [4.69, 9.17) is 21.4 Å². The minimum absolute atomic E-state index is 0.169. The first-order chi connectivity index (χ1) is 9.76. The molecule has 6 heteroatoms. The van der Waals surface area contributed by atoms with Gasteiger partial charge in [0, 0.05) is 29.8 Å². The Morgan fingerprint density at radius 2 is 2.30 bits per heavy atom. The van der Waals surface area contributed by atoms with E-state index in [1.54, 1.807) is 4.68 Å². The third-order valence-corrected chi connectivity index (χ3v) is 3.55. The summed E-state index contributed by atoms with van der Waals surface area (Å²) in [6, 6.07) is 3.88. The molecule has 2 aromatic rings. The number of ether oxygens (including phenoxy) is 1. The molecule has 1 N–H and O–H groups in total. The zero-order valence-electron chi connectivity index (χ0n) is 11.0. The van der Waals surface area contributed by atoms with Gasteiger partial charge in [-0.05, 0) is 30.5 Å². The van der Waals surface area contributed by atoms with E-state index in [-0.39, 0.29) is 6.61 Å². The fourth-order valence-electron chi connectivity index (χ4n) is 2.43. The maximum absolute atomic E-state index is 8.82. The lowest BCUT2D eigenvalue weighted by atomic mass is 10.1. The Kier molecular flexibility index (Phi) is 3.89. The number of halogens is 1. The number of hydrogen-bond donors (Lipinski definition) is 1. The number of aliphatic hydroxyl groups excluding tert-OH is 1. The minimum Gasteiger partial charge on any atom is -0.493 e. The molecule has 0 amide bonds. The molecule has 5 nitrogen and oxygen atoms in total.